The molecule has 1 atom stereocenters. The van der Waals surface area contributed by atoms with E-state index in [0.29, 0.717) is 18.1 Å². The second-order valence-electron chi connectivity index (χ2n) is 8.02. The Morgan fingerprint density at radius 1 is 1.13 bits per heavy atom. The van der Waals surface area contributed by atoms with Crippen molar-refractivity contribution in [3.63, 3.8) is 0 Å². The minimum Gasteiger partial charge on any atom is -0.373 e. The number of aryl methyl sites for hydroxylation is 2. The molecule has 0 radical (unpaired) electrons. The smallest absolute Gasteiger partial charge is 0.183 e. The number of fused-ring (bicyclic) bond motifs is 3. The van der Waals surface area contributed by atoms with Crippen molar-refractivity contribution in [2.45, 2.75) is 38.3 Å². The minimum atomic E-state index is 0.0631. The monoisotopic (exact) mass is 433 g/mol. The van der Waals surface area contributed by atoms with E-state index in [1.165, 1.54) is 28.7 Å². The summed E-state index contributed by atoms with van der Waals surface area (Å²) in [5, 5.41) is 5.57. The zero-order chi connectivity index (χ0) is 20.6. The number of ether oxygens (including phenoxy) is 1. The second-order valence-corrected chi connectivity index (χ2v) is 9.10. The Morgan fingerprint density at radius 3 is 2.97 bits per heavy atom. The third-order valence-electron chi connectivity index (χ3n) is 5.98. The molecule has 1 aliphatic heterocycles. The van der Waals surface area contributed by atoms with Crippen LogP contribution in [0.3, 0.4) is 0 Å². The highest BCUT2D eigenvalue weighted by Crippen LogP contribution is 2.41. The second kappa shape index (κ2) is 7.97. The van der Waals surface area contributed by atoms with E-state index in [4.69, 9.17) is 14.7 Å². The van der Waals surface area contributed by atoms with Gasteiger partial charge >= 0.3 is 0 Å². The van der Waals surface area contributed by atoms with Crippen LogP contribution in [0.15, 0.2) is 37.1 Å². The first-order valence-electron chi connectivity index (χ1n) is 10.8. The minimum absolute atomic E-state index is 0.0631. The molecule has 1 fully saturated rings. The molecular weight excluding hydrogens is 410 g/mol. The lowest BCUT2D eigenvalue weighted by Crippen LogP contribution is -2.45. The van der Waals surface area contributed by atoms with Crippen molar-refractivity contribution in [1.82, 2.24) is 29.7 Å². The van der Waals surface area contributed by atoms with Crippen LogP contribution < -0.4 is 4.90 Å². The number of hydrogen-bond acceptors (Lipinski definition) is 8. The maximum atomic E-state index is 6.06. The Kier molecular flexibility index (Phi) is 4.84. The Balaban J connectivity index is 1.43. The lowest BCUT2D eigenvalue weighted by atomic mass is 9.97. The van der Waals surface area contributed by atoms with Gasteiger partial charge < -0.3 is 9.64 Å². The van der Waals surface area contributed by atoms with Gasteiger partial charge in [-0.1, -0.05) is 0 Å². The standard InChI is InChI=1S/C22H23N7OS/c1-2-5-18-16(4-1)19-21(26-20(27-22(19)31-18)17-12-23-7-8-24-17)28-10-11-30-15(13-28)14-29-9-3-6-25-29/h3,6-9,12,15H,1-2,4-5,10-11,13-14H2. The van der Waals surface area contributed by atoms with E-state index in [9.17, 15) is 0 Å². The van der Waals surface area contributed by atoms with Gasteiger partial charge in [-0.05, 0) is 37.3 Å². The van der Waals surface area contributed by atoms with Crippen molar-refractivity contribution < 1.29 is 4.74 Å². The molecule has 0 bridgehead atoms. The molecule has 4 aromatic heterocycles. The largest absolute Gasteiger partial charge is 0.373 e. The Labute approximate surface area is 183 Å². The highest BCUT2D eigenvalue weighted by molar-refractivity contribution is 7.19. The third kappa shape index (κ3) is 3.57. The van der Waals surface area contributed by atoms with Gasteiger partial charge in [-0.25, -0.2) is 15.0 Å². The predicted molar refractivity (Wildman–Crippen MR) is 119 cm³/mol. The summed E-state index contributed by atoms with van der Waals surface area (Å²) in [5.74, 6) is 1.66. The van der Waals surface area contributed by atoms with Crippen LogP contribution in [-0.4, -0.2) is 55.5 Å². The van der Waals surface area contributed by atoms with Gasteiger partial charge in [0.2, 0.25) is 0 Å². The van der Waals surface area contributed by atoms with E-state index in [0.717, 1.165) is 43.1 Å². The zero-order valence-electron chi connectivity index (χ0n) is 17.1. The van der Waals surface area contributed by atoms with Crippen LogP contribution in [-0.2, 0) is 24.1 Å². The number of hydrogen-bond donors (Lipinski definition) is 0. The molecule has 5 heterocycles. The molecule has 1 unspecified atom stereocenters. The van der Waals surface area contributed by atoms with E-state index in [1.807, 2.05) is 28.3 Å². The fourth-order valence-electron chi connectivity index (χ4n) is 4.54. The summed E-state index contributed by atoms with van der Waals surface area (Å²) < 4.78 is 7.99. The van der Waals surface area contributed by atoms with Crippen LogP contribution in [0.2, 0.25) is 0 Å². The third-order valence-corrected chi connectivity index (χ3v) is 7.16. The number of anilines is 1. The van der Waals surface area contributed by atoms with Crippen molar-refractivity contribution in [3.8, 4) is 11.5 Å². The summed E-state index contributed by atoms with van der Waals surface area (Å²) in [6.45, 7) is 2.99. The van der Waals surface area contributed by atoms with Crippen molar-refractivity contribution in [3.05, 3.63) is 47.5 Å². The first kappa shape index (κ1) is 18.8. The molecule has 1 saturated heterocycles. The SMILES string of the molecule is c1cnn(CC2CN(c3nc(-c4cnccn4)nc4sc5c(c34)CCCC5)CCO2)c1. The summed E-state index contributed by atoms with van der Waals surface area (Å²) in [5.41, 5.74) is 2.15. The molecule has 0 aromatic carbocycles. The average Bonchev–Trinajstić information content (AvgIpc) is 3.46. The topological polar surface area (TPSA) is 81.9 Å². The Hall–Kier alpha value is -2.91. The molecule has 0 spiro atoms. The molecule has 1 aliphatic carbocycles. The van der Waals surface area contributed by atoms with E-state index < -0.39 is 0 Å². The normalized spacial score (nSPS) is 19.0. The Bertz CT molecular complexity index is 1190. The van der Waals surface area contributed by atoms with Crippen molar-refractivity contribution >= 4 is 27.4 Å². The highest BCUT2D eigenvalue weighted by atomic mass is 32.1. The van der Waals surface area contributed by atoms with Gasteiger partial charge in [-0.15, -0.1) is 11.3 Å². The molecule has 0 N–H and O–H groups in total. The van der Waals surface area contributed by atoms with E-state index >= 15 is 0 Å². The van der Waals surface area contributed by atoms with Crippen LogP contribution in [0.25, 0.3) is 21.7 Å². The molecule has 0 saturated carbocycles. The van der Waals surface area contributed by atoms with Crippen LogP contribution in [0.1, 0.15) is 23.3 Å². The fraction of sp³-hybridized carbons (Fsp3) is 0.409. The number of nitrogens with zero attached hydrogens (tertiary/aromatic N) is 7. The van der Waals surface area contributed by atoms with Gasteiger partial charge in [-0.3, -0.25) is 9.67 Å². The predicted octanol–water partition coefficient (Wildman–Crippen LogP) is 3.13. The van der Waals surface area contributed by atoms with E-state index in [1.54, 1.807) is 24.8 Å². The van der Waals surface area contributed by atoms with E-state index in [2.05, 4.69) is 20.0 Å². The van der Waals surface area contributed by atoms with Crippen molar-refractivity contribution in [1.29, 1.82) is 0 Å². The van der Waals surface area contributed by atoms with Crippen molar-refractivity contribution in [2.24, 2.45) is 0 Å². The quantitative estimate of drug-likeness (QED) is 0.489. The fourth-order valence-corrected chi connectivity index (χ4v) is 5.79. The number of aromatic nitrogens is 6. The van der Waals surface area contributed by atoms with Gasteiger partial charge in [0.15, 0.2) is 5.82 Å². The lowest BCUT2D eigenvalue weighted by Gasteiger charge is -2.34. The van der Waals surface area contributed by atoms with Gasteiger partial charge in [0.25, 0.3) is 0 Å². The lowest BCUT2D eigenvalue weighted by molar-refractivity contribution is 0.0273. The molecule has 9 heteroatoms. The first-order valence-corrected chi connectivity index (χ1v) is 11.6. The molecule has 6 rings (SSSR count). The zero-order valence-corrected chi connectivity index (χ0v) is 18.0. The molecular formula is C22H23N7OS. The molecule has 158 valence electrons. The molecule has 8 nitrogen and oxygen atoms in total. The van der Waals surface area contributed by atoms with Crippen LogP contribution in [0, 0.1) is 0 Å². The number of thiophene rings is 1. The summed E-state index contributed by atoms with van der Waals surface area (Å²) in [6.07, 6.45) is 13.7. The summed E-state index contributed by atoms with van der Waals surface area (Å²) >= 11 is 1.82. The molecule has 31 heavy (non-hydrogen) atoms. The molecule has 4 aromatic rings. The summed E-state index contributed by atoms with van der Waals surface area (Å²) in [7, 11) is 0. The Morgan fingerprint density at radius 2 is 2.10 bits per heavy atom. The maximum absolute atomic E-state index is 6.06. The average molecular weight is 434 g/mol. The highest BCUT2D eigenvalue weighted by Gasteiger charge is 2.28. The summed E-state index contributed by atoms with van der Waals surface area (Å²) in [6, 6.07) is 1.94. The summed E-state index contributed by atoms with van der Waals surface area (Å²) in [4.78, 5) is 23.5. The molecule has 2 aliphatic rings. The number of morpholine rings is 1. The van der Waals surface area contributed by atoms with Gasteiger partial charge in [0, 0.05) is 42.8 Å². The van der Waals surface area contributed by atoms with Gasteiger partial charge in [-0.2, -0.15) is 5.10 Å². The van der Waals surface area contributed by atoms with Crippen LogP contribution in [0.4, 0.5) is 5.82 Å². The van der Waals surface area contributed by atoms with Gasteiger partial charge in [0.1, 0.15) is 16.3 Å². The van der Waals surface area contributed by atoms with Crippen LogP contribution >= 0.6 is 11.3 Å². The first-order chi connectivity index (χ1) is 15.3. The maximum Gasteiger partial charge on any atom is 0.183 e. The van der Waals surface area contributed by atoms with Crippen LogP contribution in [0.5, 0.6) is 0 Å². The van der Waals surface area contributed by atoms with E-state index in [-0.39, 0.29) is 6.10 Å². The molecule has 0 amide bonds. The number of rotatable bonds is 4. The van der Waals surface area contributed by atoms with Gasteiger partial charge in [0.05, 0.1) is 30.8 Å². The van der Waals surface area contributed by atoms with Crippen molar-refractivity contribution in [2.75, 3.05) is 24.6 Å².